The van der Waals surface area contributed by atoms with Gasteiger partial charge in [0.05, 0.1) is 16.9 Å². The smallest absolute Gasteiger partial charge is 0.255 e. The van der Waals surface area contributed by atoms with Gasteiger partial charge in [-0.3, -0.25) is 4.79 Å². The minimum absolute atomic E-state index is 0.175. The van der Waals surface area contributed by atoms with E-state index in [0.29, 0.717) is 27.9 Å². The number of rotatable bonds is 6. The van der Waals surface area contributed by atoms with Gasteiger partial charge in [0.1, 0.15) is 0 Å². The van der Waals surface area contributed by atoms with Crippen molar-refractivity contribution in [1.82, 2.24) is 9.97 Å². The fourth-order valence-electron chi connectivity index (χ4n) is 3.70. The van der Waals surface area contributed by atoms with E-state index in [0.717, 1.165) is 22.4 Å². The molecule has 5 aromatic rings. The predicted octanol–water partition coefficient (Wildman–Crippen LogP) is 7.46. The van der Waals surface area contributed by atoms with Gasteiger partial charge in [-0.15, -0.1) is 0 Å². The molecule has 170 valence electrons. The van der Waals surface area contributed by atoms with E-state index >= 15 is 0 Å². The summed E-state index contributed by atoms with van der Waals surface area (Å²) in [5.41, 5.74) is 5.72. The first-order chi connectivity index (χ1) is 17.2. The number of nitrogens with zero attached hydrogens (tertiary/aromatic N) is 2. The maximum Gasteiger partial charge on any atom is 0.255 e. The Bertz CT molecular complexity index is 1470. The second-order valence-corrected chi connectivity index (χ2v) is 8.27. The number of halogens is 1. The van der Waals surface area contributed by atoms with Crippen molar-refractivity contribution in [1.29, 1.82) is 0 Å². The lowest BCUT2D eigenvalue weighted by molar-refractivity contribution is 0.102. The summed E-state index contributed by atoms with van der Waals surface area (Å²) in [6.07, 6.45) is 1.59. The highest BCUT2D eigenvalue weighted by Crippen LogP contribution is 2.30. The van der Waals surface area contributed by atoms with Crippen LogP contribution in [-0.2, 0) is 0 Å². The second-order valence-electron chi connectivity index (χ2n) is 7.86. The molecule has 0 aliphatic heterocycles. The lowest BCUT2D eigenvalue weighted by Gasteiger charge is -2.11. The number of hydrogen-bond acceptors (Lipinski definition) is 4. The molecule has 0 aliphatic carbocycles. The van der Waals surface area contributed by atoms with E-state index < -0.39 is 0 Å². The molecule has 2 N–H and O–H groups in total. The number of carbonyl (C=O) groups excluding carboxylic acids is 1. The lowest BCUT2D eigenvalue weighted by atomic mass is 10.0. The van der Waals surface area contributed by atoms with Crippen LogP contribution in [0.15, 0.2) is 115 Å². The van der Waals surface area contributed by atoms with Crippen LogP contribution in [0.4, 0.5) is 17.3 Å². The number of aromatic nitrogens is 2. The van der Waals surface area contributed by atoms with E-state index in [1.54, 1.807) is 18.3 Å². The van der Waals surface area contributed by atoms with E-state index in [1.807, 2.05) is 72.8 Å². The Balaban J connectivity index is 1.37. The monoisotopic (exact) mass is 476 g/mol. The summed E-state index contributed by atoms with van der Waals surface area (Å²) >= 11 is 6.47. The van der Waals surface area contributed by atoms with Crippen molar-refractivity contribution in [3.05, 3.63) is 126 Å². The van der Waals surface area contributed by atoms with Gasteiger partial charge in [-0.25, -0.2) is 9.97 Å². The largest absolute Gasteiger partial charge is 0.324 e. The summed E-state index contributed by atoms with van der Waals surface area (Å²) in [5, 5.41) is 6.58. The second kappa shape index (κ2) is 10.2. The summed E-state index contributed by atoms with van der Waals surface area (Å²) in [6, 6.07) is 34.7. The highest BCUT2D eigenvalue weighted by Gasteiger charge is 2.11. The Kier molecular flexibility index (Phi) is 6.50. The van der Waals surface area contributed by atoms with Gasteiger partial charge in [0.25, 0.3) is 5.91 Å². The van der Waals surface area contributed by atoms with Crippen molar-refractivity contribution < 1.29 is 4.79 Å². The van der Waals surface area contributed by atoms with Crippen LogP contribution in [-0.4, -0.2) is 15.9 Å². The van der Waals surface area contributed by atoms with Gasteiger partial charge in [-0.05, 0) is 47.5 Å². The van der Waals surface area contributed by atoms with Crippen molar-refractivity contribution in [2.24, 2.45) is 0 Å². The van der Waals surface area contributed by atoms with Crippen molar-refractivity contribution in [3.63, 3.8) is 0 Å². The summed E-state index contributed by atoms with van der Waals surface area (Å²) in [7, 11) is 0. The number of nitrogens with one attached hydrogen (secondary N) is 2. The predicted molar refractivity (Wildman–Crippen MR) is 142 cm³/mol. The van der Waals surface area contributed by atoms with Gasteiger partial charge in [0, 0.05) is 22.5 Å². The Hall–Kier alpha value is -4.48. The first-order valence-electron chi connectivity index (χ1n) is 11.1. The molecule has 0 spiro atoms. The van der Waals surface area contributed by atoms with E-state index in [2.05, 4.69) is 44.9 Å². The molecule has 0 saturated heterocycles. The molecular formula is C29H21ClN4O. The average Bonchev–Trinajstić information content (AvgIpc) is 2.91. The standard InChI is InChI=1S/C29H21ClN4O/c30-26-19-31-29(34-27(26)23-14-7-13-22(17-23)20-9-3-1-4-10-20)33-25-16-8-15-24(18-25)32-28(35)21-11-5-2-6-12-21/h1-19H,(H,32,35)(H,31,33,34). The maximum atomic E-state index is 12.5. The van der Waals surface area contributed by atoms with Gasteiger partial charge in [-0.2, -0.15) is 0 Å². The summed E-state index contributed by atoms with van der Waals surface area (Å²) < 4.78 is 0. The highest BCUT2D eigenvalue weighted by molar-refractivity contribution is 6.32. The van der Waals surface area contributed by atoms with Crippen LogP contribution in [0.25, 0.3) is 22.4 Å². The fraction of sp³-hybridized carbons (Fsp3) is 0. The minimum Gasteiger partial charge on any atom is -0.324 e. The molecule has 0 saturated carbocycles. The van der Waals surface area contributed by atoms with E-state index in [9.17, 15) is 4.79 Å². The van der Waals surface area contributed by atoms with Crippen LogP contribution in [0.3, 0.4) is 0 Å². The third-order valence-electron chi connectivity index (χ3n) is 5.40. The Morgan fingerprint density at radius 3 is 2.14 bits per heavy atom. The molecule has 0 radical (unpaired) electrons. The Morgan fingerprint density at radius 1 is 0.686 bits per heavy atom. The molecule has 0 aliphatic rings. The average molecular weight is 477 g/mol. The molecule has 5 nitrogen and oxygen atoms in total. The fourth-order valence-corrected chi connectivity index (χ4v) is 3.90. The van der Waals surface area contributed by atoms with Crippen LogP contribution in [0.2, 0.25) is 5.02 Å². The SMILES string of the molecule is O=C(Nc1cccc(Nc2ncc(Cl)c(-c3cccc(-c4ccccc4)c3)n2)c1)c1ccccc1. The molecule has 0 unspecified atom stereocenters. The maximum absolute atomic E-state index is 12.5. The van der Waals surface area contributed by atoms with Crippen molar-refractivity contribution in [2.45, 2.75) is 0 Å². The van der Waals surface area contributed by atoms with Crippen molar-refractivity contribution >= 4 is 34.8 Å². The number of anilines is 3. The molecular weight excluding hydrogens is 456 g/mol. The van der Waals surface area contributed by atoms with Crippen LogP contribution in [0, 0.1) is 0 Å². The van der Waals surface area contributed by atoms with Crippen molar-refractivity contribution in [2.75, 3.05) is 10.6 Å². The molecule has 0 fully saturated rings. The summed E-state index contributed by atoms with van der Waals surface area (Å²) in [6.45, 7) is 0. The zero-order valence-electron chi connectivity index (χ0n) is 18.7. The van der Waals surface area contributed by atoms with E-state index in [-0.39, 0.29) is 5.91 Å². The van der Waals surface area contributed by atoms with Crippen molar-refractivity contribution in [3.8, 4) is 22.4 Å². The third kappa shape index (κ3) is 5.37. The molecule has 0 atom stereocenters. The quantitative estimate of drug-likeness (QED) is 0.267. The zero-order valence-corrected chi connectivity index (χ0v) is 19.4. The molecule has 35 heavy (non-hydrogen) atoms. The Morgan fingerprint density at radius 2 is 1.34 bits per heavy atom. The van der Waals surface area contributed by atoms with Gasteiger partial charge < -0.3 is 10.6 Å². The van der Waals surface area contributed by atoms with Gasteiger partial charge in [0.2, 0.25) is 5.95 Å². The molecule has 5 rings (SSSR count). The molecule has 0 bridgehead atoms. The topological polar surface area (TPSA) is 66.9 Å². The Labute approximate surface area is 208 Å². The first-order valence-corrected chi connectivity index (χ1v) is 11.5. The first kappa shape index (κ1) is 22.3. The van der Waals surface area contributed by atoms with Crippen LogP contribution < -0.4 is 10.6 Å². The highest BCUT2D eigenvalue weighted by atomic mass is 35.5. The van der Waals surface area contributed by atoms with E-state index in [1.165, 1.54) is 0 Å². The number of amides is 1. The molecule has 1 heterocycles. The van der Waals surface area contributed by atoms with Crippen LogP contribution in [0.1, 0.15) is 10.4 Å². The molecule has 1 amide bonds. The number of benzene rings is 4. The number of carbonyl (C=O) groups is 1. The molecule has 4 aromatic carbocycles. The third-order valence-corrected chi connectivity index (χ3v) is 5.68. The summed E-state index contributed by atoms with van der Waals surface area (Å²) in [4.78, 5) is 21.5. The zero-order chi connectivity index (χ0) is 24.0. The lowest BCUT2D eigenvalue weighted by Crippen LogP contribution is -2.11. The van der Waals surface area contributed by atoms with Gasteiger partial charge >= 0.3 is 0 Å². The van der Waals surface area contributed by atoms with Crippen LogP contribution >= 0.6 is 11.6 Å². The minimum atomic E-state index is -0.175. The summed E-state index contributed by atoms with van der Waals surface area (Å²) in [5.74, 6) is 0.229. The number of hydrogen-bond donors (Lipinski definition) is 2. The molecule has 6 heteroatoms. The normalized spacial score (nSPS) is 10.5. The van der Waals surface area contributed by atoms with Gasteiger partial charge in [-0.1, -0.05) is 84.4 Å². The van der Waals surface area contributed by atoms with Gasteiger partial charge in [0.15, 0.2) is 0 Å². The molecule has 1 aromatic heterocycles. The van der Waals surface area contributed by atoms with Crippen LogP contribution in [0.5, 0.6) is 0 Å². The van der Waals surface area contributed by atoms with E-state index in [4.69, 9.17) is 11.6 Å².